The third-order valence-electron chi connectivity index (χ3n) is 5.21. The fourth-order valence-electron chi connectivity index (χ4n) is 3.44. The number of rotatable bonds is 6. The molecule has 1 atom stereocenters. The highest BCUT2D eigenvalue weighted by Gasteiger charge is 2.30. The van der Waals surface area contributed by atoms with Gasteiger partial charge in [0, 0.05) is 32.4 Å². The molecule has 3 heterocycles. The molecule has 1 N–H and O–H groups in total. The number of ether oxygens (including phenoxy) is 1. The highest BCUT2D eigenvalue weighted by Crippen LogP contribution is 2.21. The van der Waals surface area contributed by atoms with Gasteiger partial charge in [0.1, 0.15) is 11.4 Å². The van der Waals surface area contributed by atoms with Gasteiger partial charge in [-0.25, -0.2) is 8.42 Å². The van der Waals surface area contributed by atoms with Gasteiger partial charge in [-0.1, -0.05) is 6.92 Å². The summed E-state index contributed by atoms with van der Waals surface area (Å²) in [4.78, 5) is 24.5. The van der Waals surface area contributed by atoms with Crippen molar-refractivity contribution in [3.8, 4) is 0 Å². The molecule has 2 fully saturated rings. The first-order valence-corrected chi connectivity index (χ1v) is 10.9. The molecule has 0 spiro atoms. The third-order valence-corrected chi connectivity index (χ3v) is 7.12. The van der Waals surface area contributed by atoms with E-state index in [4.69, 9.17) is 4.74 Å². The maximum absolute atomic E-state index is 12.8. The highest BCUT2D eigenvalue weighted by atomic mass is 32.2. The van der Waals surface area contributed by atoms with E-state index in [0.717, 1.165) is 30.3 Å². The van der Waals surface area contributed by atoms with Crippen LogP contribution in [0.25, 0.3) is 0 Å². The minimum Gasteiger partial charge on any atom is -0.376 e. The van der Waals surface area contributed by atoms with Crippen molar-refractivity contribution in [3.63, 3.8) is 0 Å². The van der Waals surface area contributed by atoms with Crippen LogP contribution in [0.3, 0.4) is 0 Å². The second-order valence-electron chi connectivity index (χ2n) is 7.33. The largest absolute Gasteiger partial charge is 0.376 e. The van der Waals surface area contributed by atoms with E-state index in [9.17, 15) is 18.0 Å². The molecule has 27 heavy (non-hydrogen) atoms. The summed E-state index contributed by atoms with van der Waals surface area (Å²) in [5.41, 5.74) is -0.664. The number of nitrogens with one attached hydrogen (secondary N) is 1. The molecule has 9 heteroatoms. The standard InChI is InChI=1S/C18H27N3O5S/c1-14-6-9-21(10-7-14)27(24,25)16-5-2-8-20(18(16)23)13-17(22)19-12-15-4-3-11-26-15/h2,5,8,14-15H,3-4,6-7,9-13H2,1H3,(H,19,22)/t15-/m1/s1. The number of piperidine rings is 1. The van der Waals surface area contributed by atoms with E-state index in [2.05, 4.69) is 12.2 Å². The summed E-state index contributed by atoms with van der Waals surface area (Å²) in [6, 6.07) is 2.81. The molecule has 2 aliphatic rings. The van der Waals surface area contributed by atoms with Crippen molar-refractivity contribution in [2.45, 2.75) is 50.2 Å². The van der Waals surface area contributed by atoms with E-state index < -0.39 is 15.6 Å². The number of hydrogen-bond donors (Lipinski definition) is 1. The average Bonchev–Trinajstić information content (AvgIpc) is 3.15. The number of pyridine rings is 1. The Morgan fingerprint density at radius 2 is 2.04 bits per heavy atom. The highest BCUT2D eigenvalue weighted by molar-refractivity contribution is 7.89. The molecule has 2 saturated heterocycles. The van der Waals surface area contributed by atoms with Crippen LogP contribution < -0.4 is 10.9 Å². The number of aromatic nitrogens is 1. The van der Waals surface area contributed by atoms with Gasteiger partial charge in [0.2, 0.25) is 15.9 Å². The van der Waals surface area contributed by atoms with Crippen molar-refractivity contribution in [2.24, 2.45) is 5.92 Å². The summed E-state index contributed by atoms with van der Waals surface area (Å²) < 4.78 is 33.7. The summed E-state index contributed by atoms with van der Waals surface area (Å²) in [6.45, 7) is 3.81. The van der Waals surface area contributed by atoms with E-state index >= 15 is 0 Å². The molecular weight excluding hydrogens is 370 g/mol. The van der Waals surface area contributed by atoms with Crippen molar-refractivity contribution in [1.29, 1.82) is 0 Å². The van der Waals surface area contributed by atoms with Crippen LogP contribution in [-0.2, 0) is 26.1 Å². The zero-order valence-corrected chi connectivity index (χ0v) is 16.4. The number of amides is 1. The molecule has 0 radical (unpaired) electrons. The van der Waals surface area contributed by atoms with E-state index in [1.807, 2.05) is 0 Å². The summed E-state index contributed by atoms with van der Waals surface area (Å²) >= 11 is 0. The molecule has 1 amide bonds. The first-order chi connectivity index (χ1) is 12.9. The van der Waals surface area contributed by atoms with Crippen molar-refractivity contribution < 1.29 is 17.9 Å². The van der Waals surface area contributed by atoms with Gasteiger partial charge in [-0.3, -0.25) is 9.59 Å². The van der Waals surface area contributed by atoms with Gasteiger partial charge in [-0.15, -0.1) is 0 Å². The van der Waals surface area contributed by atoms with Crippen LogP contribution in [0.2, 0.25) is 0 Å². The van der Waals surface area contributed by atoms with Crippen molar-refractivity contribution >= 4 is 15.9 Å². The van der Waals surface area contributed by atoms with Crippen LogP contribution in [0.5, 0.6) is 0 Å². The molecule has 2 aliphatic heterocycles. The van der Waals surface area contributed by atoms with Crippen LogP contribution >= 0.6 is 0 Å². The maximum Gasteiger partial charge on any atom is 0.271 e. The number of carbonyl (C=O) groups is 1. The molecule has 0 bridgehead atoms. The zero-order chi connectivity index (χ0) is 19.4. The quantitative estimate of drug-likeness (QED) is 0.757. The Morgan fingerprint density at radius 1 is 1.30 bits per heavy atom. The van der Waals surface area contributed by atoms with Gasteiger partial charge in [-0.2, -0.15) is 4.31 Å². The third kappa shape index (κ3) is 4.77. The molecule has 3 rings (SSSR count). The van der Waals surface area contributed by atoms with Gasteiger partial charge in [0.05, 0.1) is 6.10 Å². The molecule has 0 aliphatic carbocycles. The lowest BCUT2D eigenvalue weighted by molar-refractivity contribution is -0.122. The zero-order valence-electron chi connectivity index (χ0n) is 15.6. The fraction of sp³-hybridized carbons (Fsp3) is 0.667. The number of nitrogens with zero attached hydrogens (tertiary/aromatic N) is 2. The Labute approximate surface area is 159 Å². The minimum absolute atomic E-state index is 0.0128. The van der Waals surface area contributed by atoms with Crippen molar-refractivity contribution in [2.75, 3.05) is 26.2 Å². The monoisotopic (exact) mass is 397 g/mol. The second kappa shape index (κ2) is 8.53. The number of sulfonamides is 1. The Hall–Kier alpha value is -1.71. The lowest BCUT2D eigenvalue weighted by atomic mass is 10.0. The van der Waals surface area contributed by atoms with E-state index in [1.165, 1.54) is 22.6 Å². The fourth-order valence-corrected chi connectivity index (χ4v) is 5.00. The van der Waals surface area contributed by atoms with Gasteiger partial charge in [0.15, 0.2) is 0 Å². The Kier molecular flexibility index (Phi) is 6.33. The summed E-state index contributed by atoms with van der Waals surface area (Å²) in [5.74, 6) is 0.144. The molecule has 0 aromatic carbocycles. The smallest absolute Gasteiger partial charge is 0.271 e. The lowest BCUT2D eigenvalue weighted by Crippen LogP contribution is -2.42. The number of carbonyl (C=O) groups excluding carboxylic acids is 1. The normalized spacial score (nSPS) is 22.0. The van der Waals surface area contributed by atoms with E-state index in [0.29, 0.717) is 32.2 Å². The Balaban J connectivity index is 1.69. The Bertz CT molecular complexity index is 822. The average molecular weight is 397 g/mol. The lowest BCUT2D eigenvalue weighted by Gasteiger charge is -2.29. The van der Waals surface area contributed by atoms with E-state index in [-0.39, 0.29) is 23.5 Å². The molecule has 150 valence electrons. The van der Waals surface area contributed by atoms with Crippen molar-refractivity contribution in [1.82, 2.24) is 14.2 Å². The van der Waals surface area contributed by atoms with Crippen molar-refractivity contribution in [3.05, 3.63) is 28.7 Å². The first kappa shape index (κ1) is 20.0. The minimum atomic E-state index is -3.85. The Morgan fingerprint density at radius 3 is 2.70 bits per heavy atom. The number of hydrogen-bond acceptors (Lipinski definition) is 5. The van der Waals surface area contributed by atoms with Gasteiger partial charge < -0.3 is 14.6 Å². The molecule has 8 nitrogen and oxygen atoms in total. The predicted molar refractivity (Wildman–Crippen MR) is 99.8 cm³/mol. The topological polar surface area (TPSA) is 97.7 Å². The summed E-state index contributed by atoms with van der Waals surface area (Å²) in [7, 11) is -3.85. The predicted octanol–water partition coefficient (Wildman–Crippen LogP) is 0.564. The van der Waals surface area contributed by atoms with E-state index in [1.54, 1.807) is 0 Å². The van der Waals surface area contributed by atoms with Gasteiger partial charge >= 0.3 is 0 Å². The van der Waals surface area contributed by atoms with Crippen LogP contribution in [0.1, 0.15) is 32.6 Å². The maximum atomic E-state index is 12.8. The summed E-state index contributed by atoms with van der Waals surface area (Å²) in [5, 5.41) is 2.74. The van der Waals surface area contributed by atoms with Crippen LogP contribution in [-0.4, -0.2) is 55.5 Å². The molecule has 0 unspecified atom stereocenters. The van der Waals surface area contributed by atoms with Crippen LogP contribution in [0.15, 0.2) is 28.0 Å². The molecule has 1 aromatic heterocycles. The second-order valence-corrected chi connectivity index (χ2v) is 9.24. The molecule has 1 aromatic rings. The molecular formula is C18H27N3O5S. The molecule has 0 saturated carbocycles. The van der Waals surface area contributed by atoms with Crippen LogP contribution in [0.4, 0.5) is 0 Å². The SMILES string of the molecule is CC1CCN(S(=O)(=O)c2cccn(CC(=O)NC[C@H]3CCCO3)c2=O)CC1. The van der Waals surface area contributed by atoms with Gasteiger partial charge in [-0.05, 0) is 43.7 Å². The first-order valence-electron chi connectivity index (χ1n) is 9.46. The van der Waals surface area contributed by atoms with Crippen LogP contribution in [0, 0.1) is 5.92 Å². The summed E-state index contributed by atoms with van der Waals surface area (Å²) in [6.07, 6.45) is 4.90. The van der Waals surface area contributed by atoms with Gasteiger partial charge in [0.25, 0.3) is 5.56 Å².